The van der Waals surface area contributed by atoms with Gasteiger partial charge in [-0.05, 0) is 49.2 Å². The Morgan fingerprint density at radius 2 is 1.79 bits per heavy atom. The van der Waals surface area contributed by atoms with E-state index in [2.05, 4.69) is 10.1 Å². The average Bonchev–Trinajstić information content (AvgIpc) is 3.23. The van der Waals surface area contributed by atoms with Gasteiger partial charge in [0, 0.05) is 24.3 Å². The highest BCUT2D eigenvalue weighted by Crippen LogP contribution is 2.28. The van der Waals surface area contributed by atoms with Gasteiger partial charge in [0.15, 0.2) is 0 Å². The minimum atomic E-state index is -3.76. The molecule has 3 rings (SSSR count). The van der Waals surface area contributed by atoms with E-state index in [1.807, 2.05) is 0 Å². The van der Waals surface area contributed by atoms with Crippen LogP contribution < -0.4 is 5.32 Å². The van der Waals surface area contributed by atoms with Crippen LogP contribution >= 0.6 is 11.6 Å². The monoisotopic (exact) mass is 422 g/mol. The standard InChI is InChI=1S/C19H19ClN2O5S/c1-27-19(24)14-5-4-6-15(11-14)21-18(23)13-7-8-16(20)17(12-13)28(25,26)22-9-2-3-10-22/h4-8,11-12H,2-3,9-10H2,1H3,(H,21,23). The lowest BCUT2D eigenvalue weighted by molar-refractivity contribution is 0.0600. The number of hydrogen-bond donors (Lipinski definition) is 1. The number of carbonyl (C=O) groups is 2. The van der Waals surface area contributed by atoms with Crippen molar-refractivity contribution in [1.82, 2.24) is 4.31 Å². The van der Waals surface area contributed by atoms with Gasteiger partial charge in [-0.3, -0.25) is 4.79 Å². The Kier molecular flexibility index (Phi) is 6.02. The number of benzene rings is 2. The average molecular weight is 423 g/mol. The molecule has 28 heavy (non-hydrogen) atoms. The van der Waals surface area contributed by atoms with Gasteiger partial charge in [0.25, 0.3) is 5.91 Å². The maximum absolute atomic E-state index is 12.8. The summed E-state index contributed by atoms with van der Waals surface area (Å²) in [7, 11) is -2.49. The fourth-order valence-corrected chi connectivity index (χ4v) is 4.97. The van der Waals surface area contributed by atoms with Crippen LogP contribution in [0, 0.1) is 0 Å². The maximum atomic E-state index is 12.8. The number of ether oxygens (including phenoxy) is 1. The number of amides is 1. The van der Waals surface area contributed by atoms with Crippen LogP contribution in [0.25, 0.3) is 0 Å². The number of sulfonamides is 1. The second-order valence-electron chi connectivity index (χ2n) is 6.28. The molecule has 7 nitrogen and oxygen atoms in total. The lowest BCUT2D eigenvalue weighted by atomic mass is 10.1. The zero-order chi connectivity index (χ0) is 20.3. The summed E-state index contributed by atoms with van der Waals surface area (Å²) in [6.45, 7) is 0.880. The molecule has 1 aliphatic heterocycles. The second-order valence-corrected chi connectivity index (χ2v) is 8.60. The Bertz CT molecular complexity index is 1020. The number of nitrogens with zero attached hydrogens (tertiary/aromatic N) is 1. The Labute approximate surface area is 168 Å². The largest absolute Gasteiger partial charge is 0.465 e. The number of nitrogens with one attached hydrogen (secondary N) is 1. The summed E-state index contributed by atoms with van der Waals surface area (Å²) >= 11 is 6.11. The molecular formula is C19H19ClN2O5S. The first-order valence-corrected chi connectivity index (χ1v) is 10.4. The zero-order valence-corrected chi connectivity index (χ0v) is 16.7. The summed E-state index contributed by atoms with van der Waals surface area (Å²) in [6.07, 6.45) is 1.60. The Hall–Kier alpha value is -2.42. The van der Waals surface area contributed by atoms with Gasteiger partial charge in [0.1, 0.15) is 4.90 Å². The van der Waals surface area contributed by atoms with E-state index in [1.54, 1.807) is 18.2 Å². The topological polar surface area (TPSA) is 92.8 Å². The Morgan fingerprint density at radius 3 is 2.46 bits per heavy atom. The van der Waals surface area contributed by atoms with Gasteiger partial charge in [-0.15, -0.1) is 0 Å². The predicted molar refractivity (Wildman–Crippen MR) is 105 cm³/mol. The third kappa shape index (κ3) is 4.19. The smallest absolute Gasteiger partial charge is 0.337 e. The van der Waals surface area contributed by atoms with Crippen LogP contribution in [0.4, 0.5) is 5.69 Å². The molecule has 1 aliphatic rings. The van der Waals surface area contributed by atoms with Crippen LogP contribution in [0.5, 0.6) is 0 Å². The van der Waals surface area contributed by atoms with Gasteiger partial charge < -0.3 is 10.1 Å². The molecule has 1 fully saturated rings. The third-order valence-corrected chi connectivity index (χ3v) is 6.80. The molecule has 9 heteroatoms. The van der Waals surface area contributed by atoms with E-state index in [0.717, 1.165) is 12.8 Å². The van der Waals surface area contributed by atoms with Crippen molar-refractivity contribution < 1.29 is 22.7 Å². The molecule has 1 amide bonds. The molecular weight excluding hydrogens is 404 g/mol. The van der Waals surface area contributed by atoms with Crippen LogP contribution in [0.15, 0.2) is 47.4 Å². The van der Waals surface area contributed by atoms with Gasteiger partial charge in [-0.2, -0.15) is 4.31 Å². The summed E-state index contributed by atoms with van der Waals surface area (Å²) < 4.78 is 31.6. The highest BCUT2D eigenvalue weighted by molar-refractivity contribution is 7.89. The molecule has 0 radical (unpaired) electrons. The number of hydrogen-bond acceptors (Lipinski definition) is 5. The van der Waals surface area contributed by atoms with E-state index in [-0.39, 0.29) is 21.0 Å². The van der Waals surface area contributed by atoms with Gasteiger partial charge in [-0.1, -0.05) is 17.7 Å². The summed E-state index contributed by atoms with van der Waals surface area (Å²) in [4.78, 5) is 24.1. The van der Waals surface area contributed by atoms with Crippen molar-refractivity contribution in [2.45, 2.75) is 17.7 Å². The summed E-state index contributed by atoms with van der Waals surface area (Å²) in [5, 5.41) is 2.71. The number of methoxy groups -OCH3 is 1. The molecule has 0 aliphatic carbocycles. The number of anilines is 1. The first-order valence-electron chi connectivity index (χ1n) is 8.62. The van der Waals surface area contributed by atoms with Crippen LogP contribution in [0.2, 0.25) is 5.02 Å². The van der Waals surface area contributed by atoms with Crippen LogP contribution in [0.1, 0.15) is 33.6 Å². The van der Waals surface area contributed by atoms with Crippen LogP contribution in [-0.2, 0) is 14.8 Å². The van der Waals surface area contributed by atoms with Crippen molar-refractivity contribution in [3.63, 3.8) is 0 Å². The van der Waals surface area contributed by atoms with Crippen molar-refractivity contribution in [3.05, 3.63) is 58.6 Å². The lowest BCUT2D eigenvalue weighted by Crippen LogP contribution is -2.28. The van der Waals surface area contributed by atoms with Gasteiger partial charge in [0.2, 0.25) is 10.0 Å². The SMILES string of the molecule is COC(=O)c1cccc(NC(=O)c2ccc(Cl)c(S(=O)(=O)N3CCCC3)c2)c1. The fraction of sp³-hybridized carbons (Fsp3) is 0.263. The van der Waals surface area contributed by atoms with Crippen molar-refractivity contribution in [2.75, 3.05) is 25.5 Å². The predicted octanol–water partition coefficient (Wildman–Crippen LogP) is 3.16. The van der Waals surface area contributed by atoms with E-state index < -0.39 is 21.9 Å². The molecule has 148 valence electrons. The van der Waals surface area contributed by atoms with Crippen molar-refractivity contribution >= 4 is 39.2 Å². The third-order valence-electron chi connectivity index (χ3n) is 4.42. The normalized spacial score (nSPS) is 14.6. The molecule has 1 heterocycles. The minimum Gasteiger partial charge on any atom is -0.465 e. The van der Waals surface area contributed by atoms with Crippen molar-refractivity contribution in [2.24, 2.45) is 0 Å². The molecule has 0 unspecified atom stereocenters. The number of rotatable bonds is 5. The molecule has 0 aromatic heterocycles. The number of carbonyl (C=O) groups excluding carboxylic acids is 2. The van der Waals surface area contributed by atoms with Gasteiger partial charge in [0.05, 0.1) is 17.7 Å². The first kappa shape index (κ1) is 20.3. The van der Waals surface area contributed by atoms with E-state index in [4.69, 9.17) is 11.6 Å². The molecule has 1 saturated heterocycles. The summed E-state index contributed by atoms with van der Waals surface area (Å²) in [5.74, 6) is -1.04. The first-order chi connectivity index (χ1) is 13.3. The van der Waals surface area contributed by atoms with E-state index in [0.29, 0.717) is 18.8 Å². The molecule has 1 N–H and O–H groups in total. The summed E-state index contributed by atoms with van der Waals surface area (Å²) in [5.41, 5.74) is 0.811. The maximum Gasteiger partial charge on any atom is 0.337 e. The highest BCUT2D eigenvalue weighted by Gasteiger charge is 2.29. The van der Waals surface area contributed by atoms with E-state index in [9.17, 15) is 18.0 Å². The molecule has 2 aromatic rings. The quantitative estimate of drug-likeness (QED) is 0.747. The Balaban J connectivity index is 1.86. The Morgan fingerprint density at radius 1 is 1.07 bits per heavy atom. The van der Waals surface area contributed by atoms with Crippen molar-refractivity contribution in [1.29, 1.82) is 0 Å². The molecule has 2 aromatic carbocycles. The van der Waals surface area contributed by atoms with Gasteiger partial charge in [-0.25, -0.2) is 13.2 Å². The molecule has 0 bridgehead atoms. The molecule has 0 spiro atoms. The highest BCUT2D eigenvalue weighted by atomic mass is 35.5. The zero-order valence-electron chi connectivity index (χ0n) is 15.1. The van der Waals surface area contributed by atoms with Crippen molar-refractivity contribution in [3.8, 4) is 0 Å². The molecule has 0 saturated carbocycles. The fourth-order valence-electron chi connectivity index (χ4n) is 2.95. The van der Waals surface area contributed by atoms with Crippen LogP contribution in [0.3, 0.4) is 0 Å². The van der Waals surface area contributed by atoms with E-state index in [1.165, 1.54) is 35.7 Å². The minimum absolute atomic E-state index is 0.0659. The summed E-state index contributed by atoms with van der Waals surface area (Å²) in [6, 6.07) is 10.4. The second kappa shape index (κ2) is 8.30. The van der Waals surface area contributed by atoms with Gasteiger partial charge >= 0.3 is 5.97 Å². The lowest BCUT2D eigenvalue weighted by Gasteiger charge is -2.17. The number of esters is 1. The van der Waals surface area contributed by atoms with Crippen LogP contribution in [-0.4, -0.2) is 44.8 Å². The van der Waals surface area contributed by atoms with E-state index >= 15 is 0 Å². The molecule has 0 atom stereocenters. The number of halogens is 1.